The molecule has 0 saturated carbocycles. The topological polar surface area (TPSA) is 44.4 Å². The Balaban J connectivity index is 0.00000144. The molecule has 1 aromatic rings. The summed E-state index contributed by atoms with van der Waals surface area (Å²) >= 11 is 0. The molecule has 0 spiro atoms. The Morgan fingerprint density at radius 3 is 2.44 bits per heavy atom. The van der Waals surface area contributed by atoms with Crippen molar-refractivity contribution in [2.24, 2.45) is 0 Å². The van der Waals surface area contributed by atoms with Crippen molar-refractivity contribution >= 4 is 36.5 Å². The van der Waals surface area contributed by atoms with E-state index in [-0.39, 0.29) is 30.8 Å². The van der Waals surface area contributed by atoms with Crippen LogP contribution in [-0.4, -0.2) is 37.1 Å². The fourth-order valence-corrected chi connectivity index (χ4v) is 1.78. The van der Waals surface area contributed by atoms with Crippen molar-refractivity contribution in [3.05, 3.63) is 29.8 Å². The molecule has 1 aliphatic rings. The first kappa shape index (κ1) is 17.0. The van der Waals surface area contributed by atoms with E-state index < -0.39 is 0 Å². The lowest BCUT2D eigenvalue weighted by Crippen LogP contribution is -2.48. The molecule has 2 rings (SSSR count). The average Bonchev–Trinajstić information content (AvgIpc) is 2.33. The lowest BCUT2D eigenvalue weighted by atomic mass is 10.2. The Hall–Kier alpha value is -0.970. The Labute approximate surface area is 120 Å². The van der Waals surface area contributed by atoms with Crippen molar-refractivity contribution in [3.8, 4) is 0 Å². The van der Waals surface area contributed by atoms with Crippen LogP contribution in [0.1, 0.15) is 5.56 Å². The maximum atomic E-state index is 11.9. The normalized spacial score (nSPS) is 14.2. The number of anilines is 1. The van der Waals surface area contributed by atoms with Crippen LogP contribution in [-0.2, 0) is 0 Å². The molecule has 0 aliphatic carbocycles. The van der Waals surface area contributed by atoms with Gasteiger partial charge in [-0.3, -0.25) is 0 Å². The number of carbonyl (C=O) groups is 1. The quantitative estimate of drug-likeness (QED) is 0.834. The minimum absolute atomic E-state index is 0. The van der Waals surface area contributed by atoms with Gasteiger partial charge >= 0.3 is 6.03 Å². The van der Waals surface area contributed by atoms with Crippen LogP contribution in [0.5, 0.6) is 0 Å². The van der Waals surface area contributed by atoms with Gasteiger partial charge in [0.15, 0.2) is 0 Å². The van der Waals surface area contributed by atoms with Crippen molar-refractivity contribution in [3.63, 3.8) is 0 Å². The molecule has 6 heteroatoms. The predicted molar refractivity (Wildman–Crippen MR) is 79.1 cm³/mol. The SMILES string of the molecule is Cc1ccccc1NC(=O)N1CCNCC1.Cl.Cl. The highest BCUT2D eigenvalue weighted by Gasteiger charge is 2.16. The third kappa shape index (κ3) is 4.37. The van der Waals surface area contributed by atoms with E-state index >= 15 is 0 Å². The number of urea groups is 1. The van der Waals surface area contributed by atoms with Gasteiger partial charge in [-0.25, -0.2) is 4.79 Å². The Morgan fingerprint density at radius 1 is 1.22 bits per heavy atom. The standard InChI is InChI=1S/C12H17N3O.2ClH/c1-10-4-2-3-5-11(10)14-12(16)15-8-6-13-7-9-15;;/h2-5,13H,6-9H2,1H3,(H,14,16);2*1H. The lowest BCUT2D eigenvalue weighted by molar-refractivity contribution is 0.204. The van der Waals surface area contributed by atoms with Gasteiger partial charge in [0.25, 0.3) is 0 Å². The van der Waals surface area contributed by atoms with Crippen LogP contribution in [0, 0.1) is 6.92 Å². The second-order valence-electron chi connectivity index (χ2n) is 3.98. The Kier molecular flexibility index (Phi) is 7.75. The van der Waals surface area contributed by atoms with Gasteiger partial charge in [0.2, 0.25) is 0 Å². The minimum atomic E-state index is -0.00389. The summed E-state index contributed by atoms with van der Waals surface area (Å²) in [7, 11) is 0. The molecule has 1 aromatic carbocycles. The second-order valence-corrected chi connectivity index (χ2v) is 3.98. The van der Waals surface area contributed by atoms with Crippen LogP contribution in [0.2, 0.25) is 0 Å². The average molecular weight is 292 g/mol. The molecule has 1 heterocycles. The maximum absolute atomic E-state index is 11.9. The van der Waals surface area contributed by atoms with E-state index in [0.717, 1.165) is 37.4 Å². The van der Waals surface area contributed by atoms with E-state index in [1.165, 1.54) is 0 Å². The Morgan fingerprint density at radius 2 is 1.83 bits per heavy atom. The molecule has 1 saturated heterocycles. The van der Waals surface area contributed by atoms with Gasteiger partial charge in [-0.15, -0.1) is 24.8 Å². The minimum Gasteiger partial charge on any atom is -0.322 e. The first-order valence-electron chi connectivity index (χ1n) is 5.59. The number of rotatable bonds is 1. The van der Waals surface area contributed by atoms with Gasteiger partial charge in [0, 0.05) is 31.9 Å². The van der Waals surface area contributed by atoms with Gasteiger partial charge in [-0.05, 0) is 18.6 Å². The summed E-state index contributed by atoms with van der Waals surface area (Å²) in [4.78, 5) is 13.7. The van der Waals surface area contributed by atoms with Crippen molar-refractivity contribution in [2.45, 2.75) is 6.92 Å². The molecule has 2 N–H and O–H groups in total. The fourth-order valence-electron chi connectivity index (χ4n) is 1.78. The molecule has 0 bridgehead atoms. The summed E-state index contributed by atoms with van der Waals surface area (Å²) < 4.78 is 0. The van der Waals surface area contributed by atoms with E-state index in [1.807, 2.05) is 36.1 Å². The number of halogens is 2. The number of carbonyl (C=O) groups excluding carboxylic acids is 1. The number of para-hydroxylation sites is 1. The van der Waals surface area contributed by atoms with Crippen LogP contribution in [0.3, 0.4) is 0 Å². The summed E-state index contributed by atoms with van der Waals surface area (Å²) in [6, 6.07) is 7.81. The van der Waals surface area contributed by atoms with Crippen LogP contribution < -0.4 is 10.6 Å². The number of aryl methyl sites for hydroxylation is 1. The molecular weight excluding hydrogens is 273 g/mol. The van der Waals surface area contributed by atoms with Crippen LogP contribution >= 0.6 is 24.8 Å². The van der Waals surface area contributed by atoms with E-state index in [9.17, 15) is 4.79 Å². The summed E-state index contributed by atoms with van der Waals surface area (Å²) in [5.74, 6) is 0. The van der Waals surface area contributed by atoms with Gasteiger partial charge in [-0.2, -0.15) is 0 Å². The predicted octanol–water partition coefficient (Wildman–Crippen LogP) is 2.28. The van der Waals surface area contributed by atoms with Crippen molar-refractivity contribution in [2.75, 3.05) is 31.5 Å². The molecule has 0 unspecified atom stereocenters. The summed E-state index contributed by atoms with van der Waals surface area (Å²) in [5.41, 5.74) is 1.98. The fraction of sp³-hybridized carbons (Fsp3) is 0.417. The van der Waals surface area contributed by atoms with Gasteiger partial charge < -0.3 is 15.5 Å². The van der Waals surface area contributed by atoms with E-state index in [0.29, 0.717) is 0 Å². The highest BCUT2D eigenvalue weighted by Crippen LogP contribution is 2.13. The monoisotopic (exact) mass is 291 g/mol. The number of hydrogen-bond donors (Lipinski definition) is 2. The largest absolute Gasteiger partial charge is 0.322 e. The molecule has 18 heavy (non-hydrogen) atoms. The molecular formula is C12H19Cl2N3O. The lowest BCUT2D eigenvalue weighted by Gasteiger charge is -2.27. The number of nitrogens with zero attached hydrogens (tertiary/aromatic N) is 1. The first-order valence-corrected chi connectivity index (χ1v) is 5.59. The summed E-state index contributed by atoms with van der Waals surface area (Å²) in [6.45, 7) is 5.30. The van der Waals surface area contributed by atoms with Gasteiger partial charge in [0.05, 0.1) is 0 Å². The van der Waals surface area contributed by atoms with E-state index in [4.69, 9.17) is 0 Å². The second kappa shape index (κ2) is 8.19. The number of piperazine rings is 1. The summed E-state index contributed by atoms with van der Waals surface area (Å²) in [5, 5.41) is 6.16. The molecule has 0 atom stereocenters. The van der Waals surface area contributed by atoms with Gasteiger partial charge in [-0.1, -0.05) is 18.2 Å². The van der Waals surface area contributed by atoms with Crippen LogP contribution in [0.25, 0.3) is 0 Å². The van der Waals surface area contributed by atoms with Crippen molar-refractivity contribution in [1.82, 2.24) is 10.2 Å². The zero-order valence-corrected chi connectivity index (χ0v) is 11.9. The zero-order chi connectivity index (χ0) is 11.4. The number of hydrogen-bond acceptors (Lipinski definition) is 2. The molecule has 1 fully saturated rings. The van der Waals surface area contributed by atoms with Crippen LogP contribution in [0.15, 0.2) is 24.3 Å². The van der Waals surface area contributed by atoms with Crippen LogP contribution in [0.4, 0.5) is 10.5 Å². The third-order valence-electron chi connectivity index (χ3n) is 2.79. The highest BCUT2D eigenvalue weighted by molar-refractivity contribution is 5.90. The zero-order valence-electron chi connectivity index (χ0n) is 10.3. The van der Waals surface area contributed by atoms with Gasteiger partial charge in [0.1, 0.15) is 0 Å². The summed E-state index contributed by atoms with van der Waals surface area (Å²) in [6.07, 6.45) is 0. The van der Waals surface area contributed by atoms with Crippen molar-refractivity contribution < 1.29 is 4.79 Å². The van der Waals surface area contributed by atoms with E-state index in [2.05, 4.69) is 10.6 Å². The van der Waals surface area contributed by atoms with Crippen molar-refractivity contribution in [1.29, 1.82) is 0 Å². The number of amides is 2. The Bertz CT molecular complexity index is 381. The number of benzene rings is 1. The molecule has 0 aromatic heterocycles. The number of nitrogens with one attached hydrogen (secondary N) is 2. The smallest absolute Gasteiger partial charge is 0.321 e. The molecule has 102 valence electrons. The first-order chi connectivity index (χ1) is 7.77. The van der Waals surface area contributed by atoms with E-state index in [1.54, 1.807) is 0 Å². The molecule has 0 radical (unpaired) electrons. The molecule has 1 aliphatic heterocycles. The molecule has 2 amide bonds. The molecule has 4 nitrogen and oxygen atoms in total. The third-order valence-corrected chi connectivity index (χ3v) is 2.79. The highest BCUT2D eigenvalue weighted by atomic mass is 35.5. The maximum Gasteiger partial charge on any atom is 0.321 e.